The quantitative estimate of drug-likeness (QED) is 0.671. The molecular formula is C11H11NS. The molecular weight excluding hydrogens is 178 g/mol. The normalized spacial score (nSPS) is 16.0. The van der Waals surface area contributed by atoms with Crippen molar-refractivity contribution < 1.29 is 0 Å². The van der Waals surface area contributed by atoms with Gasteiger partial charge in [-0.1, -0.05) is 18.2 Å². The average Bonchev–Trinajstić information content (AvgIpc) is 2.56. The molecule has 1 N–H and O–H groups in total. The van der Waals surface area contributed by atoms with E-state index < -0.39 is 0 Å². The van der Waals surface area contributed by atoms with Crippen LogP contribution in [0.1, 0.15) is 10.4 Å². The van der Waals surface area contributed by atoms with Crippen molar-refractivity contribution in [3.05, 3.63) is 34.7 Å². The Kier molecular flexibility index (Phi) is 1.64. The summed E-state index contributed by atoms with van der Waals surface area (Å²) in [6.07, 6.45) is 1.20. The summed E-state index contributed by atoms with van der Waals surface area (Å²) in [6, 6.07) is 8.71. The van der Waals surface area contributed by atoms with E-state index in [9.17, 15) is 0 Å². The molecule has 0 bridgehead atoms. The van der Waals surface area contributed by atoms with Gasteiger partial charge in [0.2, 0.25) is 0 Å². The Balaban J connectivity index is 2.34. The Bertz CT molecular complexity index is 444. The van der Waals surface area contributed by atoms with Crippen molar-refractivity contribution in [1.82, 2.24) is 5.32 Å². The monoisotopic (exact) mass is 189 g/mol. The Labute approximate surface area is 81.4 Å². The maximum absolute atomic E-state index is 3.43. The highest BCUT2D eigenvalue weighted by atomic mass is 32.1. The summed E-state index contributed by atoms with van der Waals surface area (Å²) in [7, 11) is 0. The van der Waals surface area contributed by atoms with Gasteiger partial charge in [-0.05, 0) is 23.4 Å². The molecule has 1 aromatic heterocycles. The van der Waals surface area contributed by atoms with Crippen LogP contribution in [0.3, 0.4) is 0 Å². The van der Waals surface area contributed by atoms with E-state index in [1.807, 2.05) is 11.3 Å². The number of nitrogens with one attached hydrogen (secondary N) is 1. The fraction of sp³-hybridized carbons (Fsp3) is 0.273. The van der Waals surface area contributed by atoms with Gasteiger partial charge in [0.1, 0.15) is 0 Å². The zero-order chi connectivity index (χ0) is 8.67. The first-order chi connectivity index (χ1) is 6.45. The van der Waals surface area contributed by atoms with Gasteiger partial charge < -0.3 is 5.32 Å². The summed E-state index contributed by atoms with van der Waals surface area (Å²) in [5.41, 5.74) is 1.53. The third-order valence-corrected chi connectivity index (χ3v) is 3.89. The Morgan fingerprint density at radius 1 is 1.23 bits per heavy atom. The largest absolute Gasteiger partial charge is 0.312 e. The molecule has 0 unspecified atom stereocenters. The lowest BCUT2D eigenvalue weighted by Gasteiger charge is -2.12. The summed E-state index contributed by atoms with van der Waals surface area (Å²) in [6.45, 7) is 2.19. The van der Waals surface area contributed by atoms with Crippen molar-refractivity contribution in [2.45, 2.75) is 13.0 Å². The molecule has 0 saturated carbocycles. The first kappa shape index (κ1) is 7.54. The maximum Gasteiger partial charge on any atom is 0.0349 e. The van der Waals surface area contributed by atoms with Gasteiger partial charge in [-0.2, -0.15) is 0 Å². The molecule has 0 radical (unpaired) electrons. The number of benzene rings is 1. The average molecular weight is 189 g/mol. The topological polar surface area (TPSA) is 12.0 Å². The van der Waals surface area contributed by atoms with Gasteiger partial charge in [0.25, 0.3) is 0 Å². The lowest BCUT2D eigenvalue weighted by Crippen LogP contribution is -2.21. The number of fused-ring (bicyclic) bond motifs is 3. The highest BCUT2D eigenvalue weighted by Gasteiger charge is 2.14. The van der Waals surface area contributed by atoms with E-state index in [-0.39, 0.29) is 0 Å². The summed E-state index contributed by atoms with van der Waals surface area (Å²) < 4.78 is 1.44. The molecule has 0 fully saturated rings. The zero-order valence-corrected chi connectivity index (χ0v) is 8.16. The standard InChI is InChI=1S/C11H11NS/c1-2-4-10-8(3-1)9-7-12-6-5-11(9)13-10/h1-4,12H,5-7H2. The third-order valence-electron chi connectivity index (χ3n) is 2.61. The lowest BCUT2D eigenvalue weighted by molar-refractivity contribution is 0.656. The van der Waals surface area contributed by atoms with Crippen LogP contribution in [0.4, 0.5) is 0 Å². The minimum atomic E-state index is 1.05. The molecule has 1 aliphatic rings. The number of hydrogen-bond acceptors (Lipinski definition) is 2. The van der Waals surface area contributed by atoms with E-state index in [4.69, 9.17) is 0 Å². The van der Waals surface area contributed by atoms with Crippen molar-refractivity contribution in [2.75, 3.05) is 6.54 Å². The number of thiophene rings is 1. The second-order valence-corrected chi connectivity index (χ2v) is 4.56. The summed E-state index contributed by atoms with van der Waals surface area (Å²) in [5.74, 6) is 0. The van der Waals surface area contributed by atoms with E-state index in [0.29, 0.717) is 0 Å². The first-order valence-electron chi connectivity index (χ1n) is 4.65. The molecule has 1 aliphatic heterocycles. The molecule has 3 rings (SSSR count). The SMILES string of the molecule is c1ccc2c3c(sc2c1)CCNC3. The molecule has 0 saturated heterocycles. The minimum Gasteiger partial charge on any atom is -0.312 e. The van der Waals surface area contributed by atoms with E-state index in [1.54, 1.807) is 4.88 Å². The molecule has 13 heavy (non-hydrogen) atoms. The molecule has 2 aromatic rings. The van der Waals surface area contributed by atoms with E-state index >= 15 is 0 Å². The van der Waals surface area contributed by atoms with Gasteiger partial charge in [0.05, 0.1) is 0 Å². The van der Waals surface area contributed by atoms with Gasteiger partial charge in [0, 0.05) is 22.7 Å². The Morgan fingerprint density at radius 3 is 3.15 bits per heavy atom. The second-order valence-electron chi connectivity index (χ2n) is 3.43. The maximum atomic E-state index is 3.43. The van der Waals surface area contributed by atoms with Crippen LogP contribution in [0.25, 0.3) is 10.1 Å². The summed E-state index contributed by atoms with van der Waals surface area (Å²) >= 11 is 1.96. The highest BCUT2D eigenvalue weighted by Crippen LogP contribution is 2.32. The lowest BCUT2D eigenvalue weighted by atomic mass is 10.1. The van der Waals surface area contributed by atoms with Crippen LogP contribution in [0.15, 0.2) is 24.3 Å². The van der Waals surface area contributed by atoms with E-state index in [0.717, 1.165) is 13.1 Å². The first-order valence-corrected chi connectivity index (χ1v) is 5.47. The Hall–Kier alpha value is -0.860. The van der Waals surface area contributed by atoms with Crippen molar-refractivity contribution in [2.24, 2.45) is 0 Å². The molecule has 0 atom stereocenters. The highest BCUT2D eigenvalue weighted by molar-refractivity contribution is 7.19. The van der Waals surface area contributed by atoms with Crippen LogP contribution in [0.2, 0.25) is 0 Å². The molecule has 2 heterocycles. The Morgan fingerprint density at radius 2 is 2.15 bits per heavy atom. The van der Waals surface area contributed by atoms with Crippen LogP contribution in [-0.2, 0) is 13.0 Å². The van der Waals surface area contributed by atoms with E-state index in [1.165, 1.54) is 22.1 Å². The molecule has 66 valence electrons. The summed E-state index contributed by atoms with van der Waals surface area (Å²) in [5, 5.41) is 4.88. The van der Waals surface area contributed by atoms with Crippen LogP contribution in [0, 0.1) is 0 Å². The third kappa shape index (κ3) is 1.10. The van der Waals surface area contributed by atoms with Crippen molar-refractivity contribution in [3.63, 3.8) is 0 Å². The fourth-order valence-corrected chi connectivity index (χ4v) is 3.18. The van der Waals surface area contributed by atoms with E-state index in [2.05, 4.69) is 29.6 Å². The predicted molar refractivity (Wildman–Crippen MR) is 57.2 cm³/mol. The van der Waals surface area contributed by atoms with Crippen molar-refractivity contribution in [1.29, 1.82) is 0 Å². The molecule has 1 nitrogen and oxygen atoms in total. The van der Waals surface area contributed by atoms with Crippen LogP contribution in [0.5, 0.6) is 0 Å². The van der Waals surface area contributed by atoms with Gasteiger partial charge in [-0.3, -0.25) is 0 Å². The van der Waals surface area contributed by atoms with Crippen LogP contribution < -0.4 is 5.32 Å². The minimum absolute atomic E-state index is 1.05. The van der Waals surface area contributed by atoms with Crippen molar-refractivity contribution in [3.8, 4) is 0 Å². The molecule has 1 aromatic carbocycles. The predicted octanol–water partition coefficient (Wildman–Crippen LogP) is 2.55. The van der Waals surface area contributed by atoms with Gasteiger partial charge >= 0.3 is 0 Å². The molecule has 0 aliphatic carbocycles. The molecule has 2 heteroatoms. The molecule has 0 amide bonds. The second kappa shape index (κ2) is 2.82. The van der Waals surface area contributed by atoms with Crippen molar-refractivity contribution >= 4 is 21.4 Å². The zero-order valence-electron chi connectivity index (χ0n) is 7.34. The van der Waals surface area contributed by atoms with Gasteiger partial charge in [-0.25, -0.2) is 0 Å². The van der Waals surface area contributed by atoms with Crippen LogP contribution in [-0.4, -0.2) is 6.54 Å². The number of rotatable bonds is 0. The number of hydrogen-bond donors (Lipinski definition) is 1. The smallest absolute Gasteiger partial charge is 0.0349 e. The van der Waals surface area contributed by atoms with Crippen LogP contribution >= 0.6 is 11.3 Å². The van der Waals surface area contributed by atoms with Gasteiger partial charge in [0.15, 0.2) is 0 Å². The molecule has 0 spiro atoms. The fourth-order valence-electron chi connectivity index (χ4n) is 1.96. The summed E-state index contributed by atoms with van der Waals surface area (Å²) in [4.78, 5) is 1.58. The van der Waals surface area contributed by atoms with Gasteiger partial charge in [-0.15, -0.1) is 11.3 Å².